The van der Waals surface area contributed by atoms with Gasteiger partial charge < -0.3 is 5.11 Å². The molecule has 114 valence electrons. The fourth-order valence-electron chi connectivity index (χ4n) is 2.78. The average molecular weight is 285 g/mol. The van der Waals surface area contributed by atoms with Gasteiger partial charge in [-0.3, -0.25) is 4.90 Å². The van der Waals surface area contributed by atoms with Gasteiger partial charge in [0.25, 0.3) is 0 Å². The molecule has 0 aliphatic rings. The van der Waals surface area contributed by atoms with Crippen LogP contribution in [0.4, 0.5) is 8.78 Å². The molecule has 1 rings (SSSR count). The van der Waals surface area contributed by atoms with Crippen LogP contribution in [0.2, 0.25) is 0 Å². The van der Waals surface area contributed by atoms with Crippen LogP contribution in [0.5, 0.6) is 0 Å². The van der Waals surface area contributed by atoms with Gasteiger partial charge in [0.05, 0.1) is 5.56 Å². The number of aliphatic hydroxyl groups is 1. The van der Waals surface area contributed by atoms with Crippen LogP contribution in [-0.4, -0.2) is 28.6 Å². The van der Waals surface area contributed by atoms with Gasteiger partial charge in [0.1, 0.15) is 17.7 Å². The Morgan fingerprint density at radius 3 is 2.20 bits per heavy atom. The van der Waals surface area contributed by atoms with Crippen LogP contribution in [0.15, 0.2) is 12.1 Å². The summed E-state index contributed by atoms with van der Waals surface area (Å²) >= 11 is 0. The molecule has 0 saturated carbocycles. The van der Waals surface area contributed by atoms with Gasteiger partial charge >= 0.3 is 0 Å². The topological polar surface area (TPSA) is 23.5 Å². The molecule has 0 radical (unpaired) electrons. The quantitative estimate of drug-likeness (QED) is 0.859. The number of benzene rings is 1. The third-order valence-electron chi connectivity index (χ3n) is 4.38. The lowest BCUT2D eigenvalue weighted by Crippen LogP contribution is -2.50. The summed E-state index contributed by atoms with van der Waals surface area (Å²) in [5.41, 5.74) is -0.571. The van der Waals surface area contributed by atoms with Crippen molar-refractivity contribution in [2.45, 2.75) is 52.7 Å². The second-order valence-corrected chi connectivity index (χ2v) is 5.38. The minimum absolute atomic E-state index is 0.221. The molecule has 2 atom stereocenters. The summed E-state index contributed by atoms with van der Waals surface area (Å²) in [6, 6.07) is 2.61. The standard InChI is InChI=1S/C16H25F2NO/c1-6-16(5,19(7-2)8-3)15(20)13-12(17)10-9-11(4)14(13)18/h9-10,15,20H,6-8H2,1-5H3. The van der Waals surface area contributed by atoms with E-state index in [0.717, 1.165) is 0 Å². The first kappa shape index (κ1) is 17.1. The Kier molecular flexibility index (Phi) is 5.66. The Morgan fingerprint density at radius 1 is 1.20 bits per heavy atom. The zero-order chi connectivity index (χ0) is 15.5. The lowest BCUT2D eigenvalue weighted by atomic mass is 9.84. The van der Waals surface area contributed by atoms with Crippen molar-refractivity contribution in [2.75, 3.05) is 13.1 Å². The highest BCUT2D eigenvalue weighted by atomic mass is 19.1. The minimum atomic E-state index is -1.20. The lowest BCUT2D eigenvalue weighted by Gasteiger charge is -2.43. The molecule has 0 saturated heterocycles. The van der Waals surface area contributed by atoms with Crippen molar-refractivity contribution in [3.63, 3.8) is 0 Å². The van der Waals surface area contributed by atoms with Crippen molar-refractivity contribution in [2.24, 2.45) is 0 Å². The lowest BCUT2D eigenvalue weighted by molar-refractivity contribution is -0.0249. The highest BCUT2D eigenvalue weighted by Crippen LogP contribution is 2.37. The first-order valence-corrected chi connectivity index (χ1v) is 7.21. The molecule has 0 spiro atoms. The SMILES string of the molecule is CCN(CC)C(C)(CC)C(O)c1c(F)ccc(C)c1F. The van der Waals surface area contributed by atoms with Gasteiger partial charge in [-0.05, 0) is 45.0 Å². The van der Waals surface area contributed by atoms with Crippen molar-refractivity contribution < 1.29 is 13.9 Å². The van der Waals surface area contributed by atoms with Gasteiger partial charge in [-0.25, -0.2) is 8.78 Å². The van der Waals surface area contributed by atoms with Crippen LogP contribution in [0, 0.1) is 18.6 Å². The fourth-order valence-corrected chi connectivity index (χ4v) is 2.78. The smallest absolute Gasteiger partial charge is 0.134 e. The van der Waals surface area contributed by atoms with Gasteiger partial charge in [0, 0.05) is 5.54 Å². The van der Waals surface area contributed by atoms with Crippen molar-refractivity contribution >= 4 is 0 Å². The summed E-state index contributed by atoms with van der Waals surface area (Å²) in [6.45, 7) is 10.7. The summed E-state index contributed by atoms with van der Waals surface area (Å²) in [5, 5.41) is 10.6. The first-order chi connectivity index (χ1) is 9.33. The number of aryl methyl sites for hydroxylation is 1. The van der Waals surface area contributed by atoms with Crippen LogP contribution >= 0.6 is 0 Å². The molecule has 0 aromatic heterocycles. The van der Waals surface area contributed by atoms with E-state index in [2.05, 4.69) is 0 Å². The van der Waals surface area contributed by atoms with Crippen LogP contribution < -0.4 is 0 Å². The van der Waals surface area contributed by atoms with E-state index in [9.17, 15) is 13.9 Å². The van der Waals surface area contributed by atoms with Crippen molar-refractivity contribution in [1.29, 1.82) is 0 Å². The molecule has 20 heavy (non-hydrogen) atoms. The number of rotatable bonds is 6. The number of hydrogen-bond donors (Lipinski definition) is 1. The molecule has 1 N–H and O–H groups in total. The van der Waals surface area contributed by atoms with E-state index in [1.165, 1.54) is 12.1 Å². The predicted octanol–water partition coefficient (Wildman–Crippen LogP) is 3.82. The third-order valence-corrected chi connectivity index (χ3v) is 4.38. The summed E-state index contributed by atoms with van der Waals surface area (Å²) in [5.74, 6) is -1.34. The monoisotopic (exact) mass is 285 g/mol. The van der Waals surface area contributed by atoms with E-state index >= 15 is 0 Å². The average Bonchev–Trinajstić information content (AvgIpc) is 2.44. The summed E-state index contributed by atoms with van der Waals surface area (Å²) in [7, 11) is 0. The number of halogens is 2. The molecule has 1 aromatic carbocycles. The molecule has 0 heterocycles. The molecule has 2 nitrogen and oxygen atoms in total. The largest absolute Gasteiger partial charge is 0.386 e. The van der Waals surface area contributed by atoms with Gasteiger partial charge in [-0.1, -0.05) is 26.8 Å². The van der Waals surface area contributed by atoms with E-state index in [-0.39, 0.29) is 5.56 Å². The predicted molar refractivity (Wildman–Crippen MR) is 77.7 cm³/mol. The Balaban J connectivity index is 3.34. The zero-order valence-corrected chi connectivity index (χ0v) is 13.0. The first-order valence-electron chi connectivity index (χ1n) is 7.21. The maximum Gasteiger partial charge on any atom is 0.134 e. The molecule has 2 unspecified atom stereocenters. The van der Waals surface area contributed by atoms with E-state index < -0.39 is 23.3 Å². The van der Waals surface area contributed by atoms with Gasteiger partial charge in [-0.2, -0.15) is 0 Å². The summed E-state index contributed by atoms with van der Waals surface area (Å²) in [4.78, 5) is 2.04. The molecule has 0 bridgehead atoms. The number of hydrogen-bond acceptors (Lipinski definition) is 2. The van der Waals surface area contributed by atoms with Crippen LogP contribution in [0.3, 0.4) is 0 Å². The highest BCUT2D eigenvalue weighted by Gasteiger charge is 2.39. The van der Waals surface area contributed by atoms with Gasteiger partial charge in [0.15, 0.2) is 0 Å². The number of likely N-dealkylation sites (N-methyl/N-ethyl adjacent to an activating group) is 1. The highest BCUT2D eigenvalue weighted by molar-refractivity contribution is 5.30. The minimum Gasteiger partial charge on any atom is -0.386 e. The second kappa shape index (κ2) is 6.64. The molecule has 1 aromatic rings. The number of nitrogens with zero attached hydrogens (tertiary/aromatic N) is 1. The third kappa shape index (κ3) is 2.86. The molecular weight excluding hydrogens is 260 g/mol. The second-order valence-electron chi connectivity index (χ2n) is 5.38. The van der Waals surface area contributed by atoms with Crippen LogP contribution in [0.25, 0.3) is 0 Å². The van der Waals surface area contributed by atoms with E-state index in [4.69, 9.17) is 0 Å². The van der Waals surface area contributed by atoms with Crippen LogP contribution in [-0.2, 0) is 0 Å². The van der Waals surface area contributed by atoms with E-state index in [0.29, 0.717) is 25.1 Å². The van der Waals surface area contributed by atoms with Crippen LogP contribution in [0.1, 0.15) is 51.3 Å². The molecule has 0 fully saturated rings. The normalized spacial score (nSPS) is 16.2. The van der Waals surface area contributed by atoms with E-state index in [1.807, 2.05) is 32.6 Å². The Morgan fingerprint density at radius 2 is 1.75 bits per heavy atom. The van der Waals surface area contributed by atoms with E-state index in [1.54, 1.807) is 6.92 Å². The number of aliphatic hydroxyl groups excluding tert-OH is 1. The van der Waals surface area contributed by atoms with Gasteiger partial charge in [-0.15, -0.1) is 0 Å². The molecule has 0 aliphatic heterocycles. The Hall–Kier alpha value is -1.00. The summed E-state index contributed by atoms with van der Waals surface area (Å²) in [6.07, 6.45) is -0.602. The molecule has 0 aliphatic carbocycles. The van der Waals surface area contributed by atoms with Crippen molar-refractivity contribution in [3.05, 3.63) is 34.9 Å². The van der Waals surface area contributed by atoms with Crippen molar-refractivity contribution in [1.82, 2.24) is 4.90 Å². The van der Waals surface area contributed by atoms with Gasteiger partial charge in [0.2, 0.25) is 0 Å². The maximum atomic E-state index is 14.2. The maximum absolute atomic E-state index is 14.2. The van der Waals surface area contributed by atoms with Crippen molar-refractivity contribution in [3.8, 4) is 0 Å². The Labute approximate surface area is 120 Å². The Bertz CT molecular complexity index is 460. The molecular formula is C16H25F2NO. The molecule has 4 heteroatoms. The molecule has 0 amide bonds. The zero-order valence-electron chi connectivity index (χ0n) is 13.0. The summed E-state index contributed by atoms with van der Waals surface area (Å²) < 4.78 is 28.2. The fraction of sp³-hybridized carbons (Fsp3) is 0.625.